The number of methoxy groups -OCH3 is 2. The molecular formula is C31H39N3O5. The lowest BCUT2D eigenvalue weighted by atomic mass is 9.95. The van der Waals surface area contributed by atoms with E-state index in [-0.39, 0.29) is 17.6 Å². The molecular weight excluding hydrogens is 494 g/mol. The van der Waals surface area contributed by atoms with E-state index in [1.165, 1.54) is 20.0 Å². The second-order valence-electron chi connectivity index (χ2n) is 11.9. The molecule has 3 aromatic rings. The number of fused-ring (bicyclic) bond motifs is 1. The predicted molar refractivity (Wildman–Crippen MR) is 150 cm³/mol. The van der Waals surface area contributed by atoms with Crippen molar-refractivity contribution in [1.29, 1.82) is 0 Å². The first-order valence-corrected chi connectivity index (χ1v) is 13.5. The van der Waals surface area contributed by atoms with Crippen LogP contribution in [0.25, 0.3) is 10.9 Å². The van der Waals surface area contributed by atoms with Crippen molar-refractivity contribution in [2.24, 2.45) is 0 Å². The summed E-state index contributed by atoms with van der Waals surface area (Å²) < 4.78 is 18.1. The number of nitrogens with zero attached hydrogens (tertiary/aromatic N) is 3. The minimum absolute atomic E-state index is 0.127. The van der Waals surface area contributed by atoms with Crippen molar-refractivity contribution in [2.45, 2.75) is 64.3 Å². The van der Waals surface area contributed by atoms with E-state index in [9.17, 15) is 9.59 Å². The molecule has 2 heterocycles. The fourth-order valence-electron chi connectivity index (χ4n) is 5.88. The van der Waals surface area contributed by atoms with E-state index in [1.807, 2.05) is 64.1 Å². The molecule has 208 valence electrons. The predicted octanol–water partition coefficient (Wildman–Crippen LogP) is 5.55. The number of benzene rings is 2. The monoisotopic (exact) mass is 533 g/mol. The summed E-state index contributed by atoms with van der Waals surface area (Å²) in [7, 11) is 5.31. The SMILES string of the molecule is COC(=O)c1ccc(C2CN(C)C3(CC3)CN2Cc2c(OC)cc(C)c3c2ccn3C(=O)OC(C)(C)C)cc1. The Labute approximate surface area is 230 Å². The van der Waals surface area contributed by atoms with Gasteiger partial charge in [0.25, 0.3) is 0 Å². The van der Waals surface area contributed by atoms with Crippen LogP contribution in [-0.2, 0) is 16.0 Å². The van der Waals surface area contributed by atoms with E-state index >= 15 is 0 Å². The van der Waals surface area contributed by atoms with Crippen molar-refractivity contribution in [3.05, 3.63) is 64.8 Å². The standard InChI is InChI=1S/C31H39N3O5/c1-20-16-26(37-6)24(23-12-15-34(27(20)23)29(36)39-30(2,3)4)17-33-19-31(13-14-31)32(5)18-25(33)21-8-10-22(11-9-21)28(35)38-7/h8-12,15-16,25H,13-14,17-19H2,1-7H3. The highest BCUT2D eigenvalue weighted by molar-refractivity contribution is 5.95. The van der Waals surface area contributed by atoms with Crippen LogP contribution in [0, 0.1) is 6.92 Å². The zero-order valence-electron chi connectivity index (χ0n) is 24.0. The minimum Gasteiger partial charge on any atom is -0.496 e. The highest BCUT2D eigenvalue weighted by Gasteiger charge is 2.52. The van der Waals surface area contributed by atoms with Crippen LogP contribution in [0.2, 0.25) is 0 Å². The lowest BCUT2D eigenvalue weighted by molar-refractivity contribution is 0.0252. The van der Waals surface area contributed by atoms with E-state index in [1.54, 1.807) is 17.9 Å². The molecule has 1 aliphatic carbocycles. The third-order valence-corrected chi connectivity index (χ3v) is 8.14. The Kier molecular flexibility index (Phi) is 6.97. The molecule has 5 rings (SSSR count). The molecule has 1 unspecified atom stereocenters. The smallest absolute Gasteiger partial charge is 0.419 e. The lowest BCUT2D eigenvalue weighted by Gasteiger charge is -2.46. The van der Waals surface area contributed by atoms with Gasteiger partial charge in [-0.05, 0) is 83.0 Å². The van der Waals surface area contributed by atoms with E-state index < -0.39 is 11.7 Å². The van der Waals surface area contributed by atoms with Gasteiger partial charge in [0, 0.05) is 48.4 Å². The van der Waals surface area contributed by atoms with Gasteiger partial charge in [0.05, 0.1) is 25.3 Å². The summed E-state index contributed by atoms with van der Waals surface area (Å²) in [4.78, 5) is 30.1. The highest BCUT2D eigenvalue weighted by atomic mass is 16.6. The molecule has 1 aromatic heterocycles. The number of rotatable bonds is 5. The molecule has 0 radical (unpaired) electrons. The van der Waals surface area contributed by atoms with Crippen LogP contribution < -0.4 is 4.74 Å². The molecule has 1 aliphatic heterocycles. The highest BCUT2D eigenvalue weighted by Crippen LogP contribution is 2.48. The maximum atomic E-state index is 13.1. The molecule has 0 N–H and O–H groups in total. The van der Waals surface area contributed by atoms with Gasteiger partial charge >= 0.3 is 12.1 Å². The van der Waals surface area contributed by atoms with Crippen LogP contribution in [0.1, 0.15) is 66.7 Å². The molecule has 2 aliphatic rings. The van der Waals surface area contributed by atoms with Crippen molar-refractivity contribution >= 4 is 23.0 Å². The normalized spacial score (nSPS) is 19.3. The molecule has 1 saturated heterocycles. The molecule has 2 fully saturated rings. The number of hydrogen-bond donors (Lipinski definition) is 0. The zero-order valence-corrected chi connectivity index (χ0v) is 24.0. The van der Waals surface area contributed by atoms with Crippen molar-refractivity contribution in [3.63, 3.8) is 0 Å². The van der Waals surface area contributed by atoms with Crippen LogP contribution in [0.15, 0.2) is 42.6 Å². The maximum Gasteiger partial charge on any atom is 0.419 e. The fraction of sp³-hybridized carbons (Fsp3) is 0.484. The van der Waals surface area contributed by atoms with E-state index in [4.69, 9.17) is 14.2 Å². The number of esters is 1. The fourth-order valence-corrected chi connectivity index (χ4v) is 5.88. The number of carbonyl (C=O) groups is 2. The summed E-state index contributed by atoms with van der Waals surface area (Å²) in [6, 6.07) is 11.9. The van der Waals surface area contributed by atoms with Gasteiger partial charge < -0.3 is 14.2 Å². The van der Waals surface area contributed by atoms with E-state index in [0.717, 1.165) is 46.4 Å². The summed E-state index contributed by atoms with van der Waals surface area (Å²) in [5.41, 5.74) is 4.15. The van der Waals surface area contributed by atoms with Crippen LogP contribution in [0.5, 0.6) is 5.75 Å². The second-order valence-corrected chi connectivity index (χ2v) is 11.9. The average Bonchev–Trinajstić information content (AvgIpc) is 3.52. The molecule has 8 nitrogen and oxygen atoms in total. The quantitative estimate of drug-likeness (QED) is 0.398. The van der Waals surface area contributed by atoms with Crippen LogP contribution in [0.3, 0.4) is 0 Å². The second kappa shape index (κ2) is 9.99. The Hall–Kier alpha value is -3.36. The first-order valence-electron chi connectivity index (χ1n) is 13.5. The number of ether oxygens (including phenoxy) is 3. The summed E-state index contributed by atoms with van der Waals surface area (Å²) in [5.74, 6) is 0.475. The van der Waals surface area contributed by atoms with Gasteiger partial charge in [-0.3, -0.25) is 14.4 Å². The van der Waals surface area contributed by atoms with Gasteiger partial charge in [-0.2, -0.15) is 0 Å². The Balaban J connectivity index is 1.54. The topological polar surface area (TPSA) is 73.2 Å². The minimum atomic E-state index is -0.591. The molecule has 0 bridgehead atoms. The van der Waals surface area contributed by atoms with Gasteiger partial charge in [0.15, 0.2) is 0 Å². The van der Waals surface area contributed by atoms with Crippen molar-refractivity contribution in [3.8, 4) is 5.75 Å². The molecule has 1 saturated carbocycles. The molecule has 2 aromatic carbocycles. The van der Waals surface area contributed by atoms with Crippen LogP contribution >= 0.6 is 0 Å². The van der Waals surface area contributed by atoms with E-state index in [0.29, 0.717) is 12.1 Å². The van der Waals surface area contributed by atoms with Crippen molar-refractivity contribution in [2.75, 3.05) is 34.4 Å². The molecule has 1 spiro atoms. The Morgan fingerprint density at radius 2 is 1.77 bits per heavy atom. The molecule has 0 amide bonds. The lowest BCUT2D eigenvalue weighted by Crippen LogP contribution is -2.54. The summed E-state index contributed by atoms with van der Waals surface area (Å²) in [5, 5.41) is 0.987. The maximum absolute atomic E-state index is 13.1. The summed E-state index contributed by atoms with van der Waals surface area (Å²) >= 11 is 0. The number of hydrogen-bond acceptors (Lipinski definition) is 7. The van der Waals surface area contributed by atoms with E-state index in [2.05, 4.69) is 16.8 Å². The number of aromatic nitrogens is 1. The van der Waals surface area contributed by atoms with Crippen LogP contribution in [0.4, 0.5) is 4.79 Å². The largest absolute Gasteiger partial charge is 0.496 e. The number of piperazine rings is 1. The van der Waals surface area contributed by atoms with Crippen molar-refractivity contribution < 1.29 is 23.8 Å². The van der Waals surface area contributed by atoms with Gasteiger partial charge in [0.1, 0.15) is 11.4 Å². The first kappa shape index (κ1) is 27.2. The third kappa shape index (κ3) is 5.15. The molecule has 39 heavy (non-hydrogen) atoms. The van der Waals surface area contributed by atoms with Gasteiger partial charge in [-0.15, -0.1) is 0 Å². The Bertz CT molecular complexity index is 1400. The Morgan fingerprint density at radius 1 is 1.08 bits per heavy atom. The third-order valence-electron chi connectivity index (χ3n) is 8.14. The van der Waals surface area contributed by atoms with Gasteiger partial charge in [-0.25, -0.2) is 9.59 Å². The molecule has 1 atom stereocenters. The van der Waals surface area contributed by atoms with Crippen LogP contribution in [-0.4, -0.2) is 71.9 Å². The number of aryl methyl sites for hydroxylation is 1. The Morgan fingerprint density at radius 3 is 2.36 bits per heavy atom. The summed E-state index contributed by atoms with van der Waals surface area (Å²) in [6.45, 7) is 10.1. The first-order chi connectivity index (χ1) is 18.5. The van der Waals surface area contributed by atoms with Gasteiger partial charge in [-0.1, -0.05) is 12.1 Å². The summed E-state index contributed by atoms with van der Waals surface area (Å²) in [6.07, 6.45) is 3.77. The number of carbonyl (C=O) groups excluding carboxylic acids is 2. The van der Waals surface area contributed by atoms with Gasteiger partial charge in [0.2, 0.25) is 0 Å². The average molecular weight is 534 g/mol. The molecule has 8 heteroatoms. The zero-order chi connectivity index (χ0) is 28.1. The number of likely N-dealkylation sites (N-methyl/N-ethyl adjacent to an activating group) is 1. The van der Waals surface area contributed by atoms with Crippen molar-refractivity contribution in [1.82, 2.24) is 14.4 Å².